The van der Waals surface area contributed by atoms with Gasteiger partial charge in [0.2, 0.25) is 0 Å². The number of nitriles is 2. The summed E-state index contributed by atoms with van der Waals surface area (Å²) in [6.45, 7) is 0.397. The van der Waals surface area contributed by atoms with Crippen molar-refractivity contribution in [1.82, 2.24) is 4.98 Å². The van der Waals surface area contributed by atoms with Crippen molar-refractivity contribution in [3.63, 3.8) is 0 Å². The van der Waals surface area contributed by atoms with Crippen LogP contribution in [0.2, 0.25) is 0 Å². The summed E-state index contributed by atoms with van der Waals surface area (Å²) in [4.78, 5) is 4.55. The maximum Gasteiger partial charge on any atom is 0.148 e. The molecule has 0 saturated carbocycles. The Hall–Kier alpha value is -4.08. The Balaban J connectivity index is 1.56. The highest BCUT2D eigenvalue weighted by Gasteiger charge is 2.21. The van der Waals surface area contributed by atoms with Crippen LogP contribution in [-0.4, -0.2) is 11.1 Å². The van der Waals surface area contributed by atoms with Crippen molar-refractivity contribution >= 4 is 19.4 Å². The highest BCUT2D eigenvalue weighted by Crippen LogP contribution is 2.37. The molecule has 35 heavy (non-hydrogen) atoms. The van der Waals surface area contributed by atoms with Crippen LogP contribution < -0.4 is 0 Å². The molecule has 0 amide bonds. The molecule has 1 aliphatic rings. The van der Waals surface area contributed by atoms with Gasteiger partial charge in [-0.2, -0.15) is 10.5 Å². The second-order valence-corrected chi connectivity index (χ2v) is 9.36. The largest absolute Gasteiger partial charge is 0.364 e. The topological polar surface area (TPSA) is 69.7 Å². The Labute approximate surface area is 206 Å². The molecular weight excluding hydrogens is 449 g/mol. The van der Waals surface area contributed by atoms with Gasteiger partial charge >= 0.3 is 0 Å². The van der Waals surface area contributed by atoms with E-state index in [0.29, 0.717) is 26.4 Å². The molecule has 5 rings (SSSR count). The van der Waals surface area contributed by atoms with Gasteiger partial charge in [0.25, 0.3) is 0 Å². The van der Waals surface area contributed by atoms with Gasteiger partial charge in [0.1, 0.15) is 17.9 Å². The minimum absolute atomic E-state index is 0.316. The first-order valence-electron chi connectivity index (χ1n) is 11.4. The lowest BCUT2D eigenvalue weighted by Gasteiger charge is -2.22. The van der Waals surface area contributed by atoms with Gasteiger partial charge in [-0.05, 0) is 51.8 Å². The summed E-state index contributed by atoms with van der Waals surface area (Å²) in [5.74, 6) is 2.24. The average molecular weight is 472 g/mol. The second kappa shape index (κ2) is 10.5. The first kappa shape index (κ1) is 22.7. The molecule has 0 aliphatic carbocycles. The van der Waals surface area contributed by atoms with Crippen LogP contribution in [0.4, 0.5) is 0 Å². The first-order valence-corrected chi connectivity index (χ1v) is 12.6. The molecule has 1 aliphatic heterocycles. The van der Waals surface area contributed by atoms with Crippen molar-refractivity contribution in [1.29, 1.82) is 10.5 Å². The molecule has 0 radical (unpaired) electrons. The van der Waals surface area contributed by atoms with E-state index in [1.807, 2.05) is 42.5 Å². The molecule has 168 valence electrons. The summed E-state index contributed by atoms with van der Waals surface area (Å²) in [5.41, 5.74) is 5.80. The molecule has 1 aromatic heterocycles. The van der Waals surface area contributed by atoms with Gasteiger partial charge < -0.3 is 4.74 Å². The van der Waals surface area contributed by atoms with Gasteiger partial charge in [0.15, 0.2) is 0 Å². The minimum Gasteiger partial charge on any atom is -0.364 e. The van der Waals surface area contributed by atoms with Crippen molar-refractivity contribution in [3.05, 3.63) is 125 Å². The van der Waals surface area contributed by atoms with E-state index in [2.05, 4.69) is 53.3 Å². The normalized spacial score (nSPS) is 14.3. The summed E-state index contributed by atoms with van der Waals surface area (Å²) in [7, 11) is 0.706. The lowest BCUT2D eigenvalue weighted by Crippen LogP contribution is -2.09. The standard InChI is InChI=1S/C30H22N3OP/c31-16-21-10-12-22(13-11-21)19-34-30(24-7-4-14-35-20-24)25-15-28(29(17-32)33-18-25)27-9-3-6-23-5-1-2-8-26(23)27/h1-13,15,18,20,30,35H,14,19H2. The number of nitrogens with zero attached hydrogens (tertiary/aromatic N) is 3. The van der Waals surface area contributed by atoms with Gasteiger partial charge in [0, 0.05) is 17.3 Å². The third-order valence-electron chi connectivity index (χ3n) is 6.01. The summed E-state index contributed by atoms with van der Waals surface area (Å²) in [5, 5.41) is 21.1. The number of hydrogen-bond acceptors (Lipinski definition) is 4. The highest BCUT2D eigenvalue weighted by molar-refractivity contribution is 7.42. The summed E-state index contributed by atoms with van der Waals surface area (Å²) < 4.78 is 6.46. The second-order valence-electron chi connectivity index (χ2n) is 8.26. The molecule has 0 N–H and O–H groups in total. The summed E-state index contributed by atoms with van der Waals surface area (Å²) in [6.07, 6.45) is 6.77. The van der Waals surface area contributed by atoms with Gasteiger partial charge in [-0.15, -0.1) is 0 Å². The molecular formula is C30H22N3OP. The van der Waals surface area contributed by atoms with Crippen LogP contribution in [0.15, 0.2) is 103 Å². The average Bonchev–Trinajstić information content (AvgIpc) is 2.93. The highest BCUT2D eigenvalue weighted by atomic mass is 31.1. The van der Waals surface area contributed by atoms with Crippen LogP contribution in [0.1, 0.15) is 28.5 Å². The van der Waals surface area contributed by atoms with Crippen LogP contribution >= 0.6 is 8.58 Å². The molecule has 0 bridgehead atoms. The van der Waals surface area contributed by atoms with E-state index in [4.69, 9.17) is 10.00 Å². The molecule has 3 aromatic carbocycles. The number of fused-ring (bicyclic) bond motifs is 1. The Kier molecular flexibility index (Phi) is 6.78. The zero-order valence-electron chi connectivity index (χ0n) is 19.0. The lowest BCUT2D eigenvalue weighted by atomic mass is 9.94. The van der Waals surface area contributed by atoms with Crippen molar-refractivity contribution in [2.24, 2.45) is 0 Å². The monoisotopic (exact) mass is 471 g/mol. The summed E-state index contributed by atoms with van der Waals surface area (Å²) >= 11 is 0. The molecule has 0 fully saturated rings. The molecule has 5 heteroatoms. The number of hydrogen-bond donors (Lipinski definition) is 0. The maximum absolute atomic E-state index is 9.84. The fraction of sp³-hybridized carbons (Fsp3) is 0.100. The maximum atomic E-state index is 9.84. The molecule has 2 unspecified atom stereocenters. The molecule has 2 atom stereocenters. The predicted molar refractivity (Wildman–Crippen MR) is 141 cm³/mol. The molecule has 0 spiro atoms. The van der Waals surface area contributed by atoms with E-state index in [0.717, 1.165) is 44.8 Å². The minimum atomic E-state index is -0.316. The van der Waals surface area contributed by atoms with E-state index in [-0.39, 0.29) is 6.10 Å². The third-order valence-corrected chi connectivity index (χ3v) is 7.02. The third kappa shape index (κ3) is 4.91. The number of benzene rings is 3. The zero-order chi connectivity index (χ0) is 24.0. The van der Waals surface area contributed by atoms with Crippen LogP contribution in [0.3, 0.4) is 0 Å². The van der Waals surface area contributed by atoms with Crippen LogP contribution in [0, 0.1) is 22.7 Å². The number of allylic oxidation sites excluding steroid dienone is 1. The van der Waals surface area contributed by atoms with E-state index in [1.54, 1.807) is 18.3 Å². The van der Waals surface area contributed by atoms with Crippen molar-refractivity contribution < 1.29 is 4.74 Å². The SMILES string of the molecule is N#Cc1ccc(COC(C2=CPCC=C2)c2cnc(C#N)c(-c3cccc4ccccc34)c2)cc1. The Bertz CT molecular complexity index is 1520. The van der Waals surface area contributed by atoms with Crippen molar-refractivity contribution in [3.8, 4) is 23.3 Å². The molecule has 2 heterocycles. The van der Waals surface area contributed by atoms with Gasteiger partial charge in [-0.3, -0.25) is 0 Å². The van der Waals surface area contributed by atoms with Gasteiger partial charge in [-0.25, -0.2) is 4.98 Å². The molecule has 4 nitrogen and oxygen atoms in total. The van der Waals surface area contributed by atoms with Crippen LogP contribution in [-0.2, 0) is 11.3 Å². The zero-order valence-corrected chi connectivity index (χ0v) is 20.0. The smallest absolute Gasteiger partial charge is 0.148 e. The lowest BCUT2D eigenvalue weighted by molar-refractivity contribution is 0.0662. The number of pyridine rings is 1. The van der Waals surface area contributed by atoms with Crippen molar-refractivity contribution in [2.75, 3.05) is 6.16 Å². The van der Waals surface area contributed by atoms with Crippen LogP contribution in [0.25, 0.3) is 21.9 Å². The quantitative estimate of drug-likeness (QED) is 0.283. The number of aromatic nitrogens is 1. The Morgan fingerprint density at radius 2 is 1.77 bits per heavy atom. The Morgan fingerprint density at radius 1 is 0.943 bits per heavy atom. The number of ether oxygens (including phenoxy) is 1. The van der Waals surface area contributed by atoms with Crippen molar-refractivity contribution in [2.45, 2.75) is 12.7 Å². The van der Waals surface area contributed by atoms with E-state index in [9.17, 15) is 5.26 Å². The van der Waals surface area contributed by atoms with Crippen LogP contribution in [0.5, 0.6) is 0 Å². The van der Waals surface area contributed by atoms with E-state index in [1.165, 1.54) is 0 Å². The Morgan fingerprint density at radius 3 is 2.54 bits per heavy atom. The first-order chi connectivity index (χ1) is 17.3. The van der Waals surface area contributed by atoms with Gasteiger partial charge in [-0.1, -0.05) is 81.1 Å². The van der Waals surface area contributed by atoms with E-state index < -0.39 is 0 Å². The van der Waals surface area contributed by atoms with Gasteiger partial charge in [0.05, 0.1) is 18.2 Å². The molecule has 0 saturated heterocycles. The fourth-order valence-corrected chi connectivity index (χ4v) is 5.13. The van der Waals surface area contributed by atoms with E-state index >= 15 is 0 Å². The summed E-state index contributed by atoms with van der Waals surface area (Å²) in [6, 6.07) is 28.2. The molecule has 4 aromatic rings. The fourth-order valence-electron chi connectivity index (χ4n) is 4.27. The predicted octanol–water partition coefficient (Wildman–Crippen LogP) is 7.04. The number of rotatable bonds is 6.